The molecule has 1 unspecified atom stereocenters. The number of thiol groups is 1. The lowest BCUT2D eigenvalue weighted by Gasteiger charge is -2.15. The fourth-order valence-electron chi connectivity index (χ4n) is 1.54. The predicted molar refractivity (Wildman–Crippen MR) is 69.1 cm³/mol. The first-order valence-electron chi connectivity index (χ1n) is 5.51. The summed E-state index contributed by atoms with van der Waals surface area (Å²) in [7, 11) is 0. The molecule has 0 aromatic heterocycles. The number of hydrogen-bond donors (Lipinski definition) is 1. The van der Waals surface area contributed by atoms with E-state index in [0.29, 0.717) is 12.5 Å². The van der Waals surface area contributed by atoms with Gasteiger partial charge in [-0.3, -0.25) is 0 Å². The minimum absolute atomic E-state index is 0.216. The molecule has 0 aliphatic heterocycles. The first-order valence-corrected chi connectivity index (χ1v) is 6.02. The van der Waals surface area contributed by atoms with Crippen molar-refractivity contribution in [2.24, 2.45) is 0 Å². The summed E-state index contributed by atoms with van der Waals surface area (Å²) >= 11 is 4.46. The van der Waals surface area contributed by atoms with E-state index in [1.54, 1.807) is 0 Å². The van der Waals surface area contributed by atoms with Gasteiger partial charge in [0.2, 0.25) is 0 Å². The standard InChI is InChI=1S/C13H20OS/c1-5-14-13-8-11(9(2)3)6-7-12(13)10(4)15/h6-10,15H,5H2,1-4H3. The van der Waals surface area contributed by atoms with Crippen LogP contribution in [0.4, 0.5) is 0 Å². The Hall–Kier alpha value is -0.630. The summed E-state index contributed by atoms with van der Waals surface area (Å²) in [6.07, 6.45) is 0. The summed E-state index contributed by atoms with van der Waals surface area (Å²) in [6.45, 7) is 9.16. The molecule has 0 radical (unpaired) electrons. The SMILES string of the molecule is CCOc1cc(C(C)C)ccc1C(C)S. The van der Waals surface area contributed by atoms with Gasteiger partial charge in [0.1, 0.15) is 5.75 Å². The van der Waals surface area contributed by atoms with E-state index in [0.717, 1.165) is 5.75 Å². The van der Waals surface area contributed by atoms with Crippen LogP contribution in [0, 0.1) is 0 Å². The van der Waals surface area contributed by atoms with Gasteiger partial charge in [0.15, 0.2) is 0 Å². The van der Waals surface area contributed by atoms with E-state index in [9.17, 15) is 0 Å². The zero-order valence-electron chi connectivity index (χ0n) is 9.95. The molecule has 1 aromatic carbocycles. The van der Waals surface area contributed by atoms with Crippen molar-refractivity contribution in [1.82, 2.24) is 0 Å². The molecule has 1 nitrogen and oxygen atoms in total. The number of hydrogen-bond acceptors (Lipinski definition) is 2. The van der Waals surface area contributed by atoms with Crippen molar-refractivity contribution in [3.8, 4) is 5.75 Å². The average Bonchev–Trinajstić information content (AvgIpc) is 2.17. The molecule has 0 heterocycles. The van der Waals surface area contributed by atoms with E-state index < -0.39 is 0 Å². The third-order valence-electron chi connectivity index (χ3n) is 2.45. The van der Waals surface area contributed by atoms with Crippen molar-refractivity contribution >= 4 is 12.6 Å². The molecule has 84 valence electrons. The smallest absolute Gasteiger partial charge is 0.123 e. The van der Waals surface area contributed by atoms with E-state index in [-0.39, 0.29) is 5.25 Å². The quantitative estimate of drug-likeness (QED) is 0.754. The summed E-state index contributed by atoms with van der Waals surface area (Å²) in [6, 6.07) is 6.42. The second kappa shape index (κ2) is 5.45. The van der Waals surface area contributed by atoms with Crippen LogP contribution in [0.1, 0.15) is 50.0 Å². The summed E-state index contributed by atoms with van der Waals surface area (Å²) in [4.78, 5) is 0. The molecular weight excluding hydrogens is 204 g/mol. The Kier molecular flexibility index (Phi) is 4.52. The van der Waals surface area contributed by atoms with E-state index >= 15 is 0 Å². The highest BCUT2D eigenvalue weighted by atomic mass is 32.1. The Bertz CT molecular complexity index is 318. The minimum Gasteiger partial charge on any atom is -0.494 e. The Balaban J connectivity index is 3.08. The zero-order valence-corrected chi connectivity index (χ0v) is 10.8. The van der Waals surface area contributed by atoms with Gasteiger partial charge >= 0.3 is 0 Å². The van der Waals surface area contributed by atoms with Crippen LogP contribution in [0.3, 0.4) is 0 Å². The highest BCUT2D eigenvalue weighted by molar-refractivity contribution is 7.80. The van der Waals surface area contributed by atoms with E-state index in [2.05, 4.69) is 51.6 Å². The first kappa shape index (κ1) is 12.4. The van der Waals surface area contributed by atoms with Crippen LogP contribution in [-0.2, 0) is 0 Å². The maximum atomic E-state index is 5.64. The normalized spacial score (nSPS) is 12.9. The van der Waals surface area contributed by atoms with Crippen LogP contribution in [0.25, 0.3) is 0 Å². The molecule has 0 aliphatic rings. The lowest BCUT2D eigenvalue weighted by Crippen LogP contribution is -1.99. The van der Waals surface area contributed by atoms with Gasteiger partial charge in [0, 0.05) is 10.8 Å². The van der Waals surface area contributed by atoms with Crippen LogP contribution in [0.2, 0.25) is 0 Å². The molecule has 0 saturated carbocycles. The summed E-state index contributed by atoms with van der Waals surface area (Å²) in [5, 5.41) is 0.216. The predicted octanol–water partition coefficient (Wildman–Crippen LogP) is 4.20. The summed E-state index contributed by atoms with van der Waals surface area (Å²) in [5.74, 6) is 1.51. The Morgan fingerprint density at radius 1 is 1.27 bits per heavy atom. The van der Waals surface area contributed by atoms with Gasteiger partial charge in [-0.05, 0) is 31.4 Å². The lowest BCUT2D eigenvalue weighted by molar-refractivity contribution is 0.336. The largest absolute Gasteiger partial charge is 0.494 e. The van der Waals surface area contributed by atoms with Crippen molar-refractivity contribution in [3.63, 3.8) is 0 Å². The highest BCUT2D eigenvalue weighted by Gasteiger charge is 2.10. The third kappa shape index (κ3) is 3.16. The van der Waals surface area contributed by atoms with Gasteiger partial charge in [0.05, 0.1) is 6.61 Å². The van der Waals surface area contributed by atoms with E-state index in [1.807, 2.05) is 6.92 Å². The topological polar surface area (TPSA) is 9.23 Å². The maximum Gasteiger partial charge on any atom is 0.123 e. The zero-order chi connectivity index (χ0) is 11.4. The van der Waals surface area contributed by atoms with Gasteiger partial charge in [-0.15, -0.1) is 0 Å². The number of rotatable bonds is 4. The minimum atomic E-state index is 0.216. The van der Waals surface area contributed by atoms with Crippen LogP contribution < -0.4 is 4.74 Å². The van der Waals surface area contributed by atoms with Crippen molar-refractivity contribution < 1.29 is 4.74 Å². The Morgan fingerprint density at radius 3 is 2.40 bits per heavy atom. The Morgan fingerprint density at radius 2 is 1.93 bits per heavy atom. The lowest BCUT2D eigenvalue weighted by atomic mass is 10.00. The van der Waals surface area contributed by atoms with Crippen molar-refractivity contribution in [3.05, 3.63) is 29.3 Å². The molecule has 0 fully saturated rings. The van der Waals surface area contributed by atoms with Crippen molar-refractivity contribution in [2.45, 2.75) is 38.9 Å². The molecule has 2 heteroatoms. The van der Waals surface area contributed by atoms with Gasteiger partial charge in [-0.1, -0.05) is 26.0 Å². The van der Waals surface area contributed by atoms with Crippen molar-refractivity contribution in [1.29, 1.82) is 0 Å². The molecule has 1 aromatic rings. The molecule has 0 spiro atoms. The highest BCUT2D eigenvalue weighted by Crippen LogP contribution is 2.31. The van der Waals surface area contributed by atoms with E-state index in [1.165, 1.54) is 11.1 Å². The monoisotopic (exact) mass is 224 g/mol. The molecule has 1 rings (SSSR count). The van der Waals surface area contributed by atoms with Crippen LogP contribution in [0.5, 0.6) is 5.75 Å². The number of ether oxygens (including phenoxy) is 1. The van der Waals surface area contributed by atoms with Gasteiger partial charge < -0.3 is 4.74 Å². The molecule has 15 heavy (non-hydrogen) atoms. The van der Waals surface area contributed by atoms with Crippen LogP contribution >= 0.6 is 12.6 Å². The van der Waals surface area contributed by atoms with Crippen molar-refractivity contribution in [2.75, 3.05) is 6.61 Å². The summed E-state index contributed by atoms with van der Waals surface area (Å²) < 4.78 is 5.64. The molecular formula is C13H20OS. The summed E-state index contributed by atoms with van der Waals surface area (Å²) in [5.41, 5.74) is 2.49. The van der Waals surface area contributed by atoms with Gasteiger partial charge in [-0.2, -0.15) is 12.6 Å². The fourth-order valence-corrected chi connectivity index (χ4v) is 1.75. The second-order valence-electron chi connectivity index (χ2n) is 4.06. The van der Waals surface area contributed by atoms with Crippen LogP contribution in [-0.4, -0.2) is 6.61 Å². The van der Waals surface area contributed by atoms with Crippen LogP contribution in [0.15, 0.2) is 18.2 Å². The molecule has 0 N–H and O–H groups in total. The average molecular weight is 224 g/mol. The molecule has 1 atom stereocenters. The van der Waals surface area contributed by atoms with Gasteiger partial charge in [-0.25, -0.2) is 0 Å². The molecule has 0 bridgehead atoms. The Labute approximate surface area is 98.3 Å². The number of benzene rings is 1. The second-order valence-corrected chi connectivity index (χ2v) is 4.84. The molecule has 0 amide bonds. The fraction of sp³-hybridized carbons (Fsp3) is 0.538. The van der Waals surface area contributed by atoms with E-state index in [4.69, 9.17) is 4.74 Å². The maximum absolute atomic E-state index is 5.64. The first-order chi connectivity index (χ1) is 7.06. The third-order valence-corrected chi connectivity index (χ3v) is 2.73. The molecule has 0 aliphatic carbocycles. The van der Waals surface area contributed by atoms with Gasteiger partial charge in [0.25, 0.3) is 0 Å². The molecule has 0 saturated heterocycles.